The Bertz CT molecular complexity index is 1100. The molecule has 4 rings (SSSR count). The molecule has 0 bridgehead atoms. The van der Waals surface area contributed by atoms with Crippen molar-refractivity contribution in [3.8, 4) is 17.2 Å². The number of hydrogen-bond donors (Lipinski definition) is 2. The number of methoxy groups -OCH3 is 1. The van der Waals surface area contributed by atoms with Crippen LogP contribution in [0.5, 0.6) is 17.2 Å². The number of ether oxygens (including phenoxy) is 3. The fourth-order valence-corrected chi connectivity index (χ4v) is 3.08. The molecule has 0 aliphatic carbocycles. The number of fused-ring (bicyclic) bond motifs is 1. The average molecular weight is 404 g/mol. The van der Waals surface area contributed by atoms with E-state index in [0.717, 1.165) is 5.56 Å². The molecule has 0 radical (unpaired) electrons. The molecule has 0 fully saturated rings. The minimum absolute atomic E-state index is 0.200. The Balaban J connectivity index is 1.45. The van der Waals surface area contributed by atoms with Gasteiger partial charge in [-0.3, -0.25) is 9.59 Å². The highest BCUT2D eigenvalue weighted by Crippen LogP contribution is 2.32. The molecule has 7 nitrogen and oxygen atoms in total. The number of carbonyl (C=O) groups excluding carboxylic acids is 2. The molecule has 1 aliphatic heterocycles. The van der Waals surface area contributed by atoms with Gasteiger partial charge in [0, 0.05) is 12.1 Å². The summed E-state index contributed by atoms with van der Waals surface area (Å²) in [6.45, 7) is 0.513. The number of nitrogens with one attached hydrogen (secondary N) is 2. The quantitative estimate of drug-likeness (QED) is 0.656. The van der Waals surface area contributed by atoms with Gasteiger partial charge in [0.2, 0.25) is 6.79 Å². The summed E-state index contributed by atoms with van der Waals surface area (Å²) in [5, 5.41) is 5.67. The van der Waals surface area contributed by atoms with Crippen LogP contribution in [-0.4, -0.2) is 25.7 Å². The lowest BCUT2D eigenvalue weighted by molar-refractivity contribution is 0.0951. The van der Waals surface area contributed by atoms with Gasteiger partial charge in [0.15, 0.2) is 11.5 Å². The maximum Gasteiger partial charge on any atom is 0.255 e. The van der Waals surface area contributed by atoms with E-state index < -0.39 is 0 Å². The Morgan fingerprint density at radius 3 is 2.63 bits per heavy atom. The van der Waals surface area contributed by atoms with Crippen molar-refractivity contribution in [3.63, 3.8) is 0 Å². The summed E-state index contributed by atoms with van der Waals surface area (Å²) in [6.07, 6.45) is 0. The van der Waals surface area contributed by atoms with Crippen molar-refractivity contribution >= 4 is 17.5 Å². The number of carbonyl (C=O) groups is 2. The minimum atomic E-state index is -0.329. The molecule has 0 atom stereocenters. The van der Waals surface area contributed by atoms with Crippen LogP contribution in [0.2, 0.25) is 0 Å². The highest BCUT2D eigenvalue weighted by molar-refractivity contribution is 6.09. The fraction of sp³-hybridized carbons (Fsp3) is 0.130. The van der Waals surface area contributed by atoms with E-state index in [9.17, 15) is 9.59 Å². The third kappa shape index (κ3) is 4.20. The number of amides is 2. The van der Waals surface area contributed by atoms with E-state index >= 15 is 0 Å². The van der Waals surface area contributed by atoms with Gasteiger partial charge in [0.05, 0.1) is 18.4 Å². The zero-order chi connectivity index (χ0) is 20.9. The van der Waals surface area contributed by atoms with Gasteiger partial charge in [-0.15, -0.1) is 0 Å². The highest BCUT2D eigenvalue weighted by Gasteiger charge is 2.16. The SMILES string of the molecule is COc1cccc(C(=O)Nc2ccccc2C(=O)NCc2ccc3c(c2)OCO3)c1. The van der Waals surface area contributed by atoms with Crippen molar-refractivity contribution in [1.29, 1.82) is 0 Å². The molecule has 0 aromatic heterocycles. The molecular weight excluding hydrogens is 384 g/mol. The zero-order valence-corrected chi connectivity index (χ0v) is 16.3. The van der Waals surface area contributed by atoms with Crippen LogP contribution in [0.3, 0.4) is 0 Å². The second-order valence-corrected chi connectivity index (χ2v) is 6.60. The van der Waals surface area contributed by atoms with E-state index in [-0.39, 0.29) is 18.6 Å². The van der Waals surface area contributed by atoms with Gasteiger partial charge in [-0.1, -0.05) is 24.3 Å². The van der Waals surface area contributed by atoms with Gasteiger partial charge in [0.25, 0.3) is 11.8 Å². The van der Waals surface area contributed by atoms with Crippen LogP contribution >= 0.6 is 0 Å². The second-order valence-electron chi connectivity index (χ2n) is 6.60. The predicted molar refractivity (Wildman–Crippen MR) is 111 cm³/mol. The van der Waals surface area contributed by atoms with Crippen molar-refractivity contribution in [2.75, 3.05) is 19.2 Å². The maximum absolute atomic E-state index is 12.8. The lowest BCUT2D eigenvalue weighted by Crippen LogP contribution is -2.24. The number of rotatable bonds is 6. The standard InChI is InChI=1S/C23H20N2O5/c1-28-17-6-4-5-16(12-17)22(26)25-19-8-3-2-7-18(19)23(27)24-13-15-9-10-20-21(11-15)30-14-29-20/h2-12H,13-14H2,1H3,(H,24,27)(H,25,26). The molecule has 3 aromatic rings. The molecule has 0 unspecified atom stereocenters. The first-order chi connectivity index (χ1) is 14.6. The predicted octanol–water partition coefficient (Wildman–Crippen LogP) is 3.61. The minimum Gasteiger partial charge on any atom is -0.497 e. The van der Waals surface area contributed by atoms with E-state index in [2.05, 4.69) is 10.6 Å². The third-order valence-corrected chi connectivity index (χ3v) is 4.64. The van der Waals surface area contributed by atoms with Crippen molar-refractivity contribution in [2.45, 2.75) is 6.54 Å². The summed E-state index contributed by atoms with van der Waals surface area (Å²) in [5.74, 6) is 1.31. The smallest absolute Gasteiger partial charge is 0.255 e. The third-order valence-electron chi connectivity index (χ3n) is 4.64. The normalized spacial score (nSPS) is 11.6. The van der Waals surface area contributed by atoms with E-state index in [1.165, 1.54) is 7.11 Å². The number of para-hydroxylation sites is 1. The van der Waals surface area contributed by atoms with Crippen LogP contribution < -0.4 is 24.8 Å². The molecule has 152 valence electrons. The van der Waals surface area contributed by atoms with Gasteiger partial charge in [-0.05, 0) is 48.0 Å². The van der Waals surface area contributed by atoms with Gasteiger partial charge < -0.3 is 24.8 Å². The molecule has 0 spiro atoms. The molecule has 1 aliphatic rings. The Morgan fingerprint density at radius 2 is 1.77 bits per heavy atom. The molecule has 7 heteroatoms. The summed E-state index contributed by atoms with van der Waals surface area (Å²) in [7, 11) is 1.54. The van der Waals surface area contributed by atoms with E-state index in [1.54, 1.807) is 48.5 Å². The summed E-state index contributed by atoms with van der Waals surface area (Å²) in [4.78, 5) is 25.4. The van der Waals surface area contributed by atoms with Gasteiger partial charge in [-0.2, -0.15) is 0 Å². The Labute approximate surface area is 173 Å². The lowest BCUT2D eigenvalue weighted by atomic mass is 10.1. The molecule has 3 aromatic carbocycles. The fourth-order valence-electron chi connectivity index (χ4n) is 3.08. The average Bonchev–Trinajstić information content (AvgIpc) is 3.26. The topological polar surface area (TPSA) is 85.9 Å². The summed E-state index contributed by atoms with van der Waals surface area (Å²) in [6, 6.07) is 19.2. The number of benzene rings is 3. The van der Waals surface area contributed by atoms with Crippen LogP contribution in [0.15, 0.2) is 66.7 Å². The molecule has 30 heavy (non-hydrogen) atoms. The Morgan fingerprint density at radius 1 is 0.933 bits per heavy atom. The summed E-state index contributed by atoms with van der Waals surface area (Å²) >= 11 is 0. The zero-order valence-electron chi connectivity index (χ0n) is 16.3. The highest BCUT2D eigenvalue weighted by atomic mass is 16.7. The second kappa shape index (κ2) is 8.57. The summed E-state index contributed by atoms with van der Waals surface area (Å²) < 4.78 is 15.8. The van der Waals surface area contributed by atoms with Crippen LogP contribution in [-0.2, 0) is 6.54 Å². The molecule has 2 N–H and O–H groups in total. The van der Waals surface area contributed by atoms with Gasteiger partial charge in [0.1, 0.15) is 5.75 Å². The first-order valence-electron chi connectivity index (χ1n) is 9.35. The molecule has 1 heterocycles. The van der Waals surface area contributed by atoms with Crippen molar-refractivity contribution < 1.29 is 23.8 Å². The Hall–Kier alpha value is -4.00. The molecule has 0 saturated carbocycles. The maximum atomic E-state index is 12.8. The van der Waals surface area contributed by atoms with Crippen LogP contribution in [0, 0.1) is 0 Å². The molecule has 2 amide bonds. The van der Waals surface area contributed by atoms with Crippen LogP contribution in [0.4, 0.5) is 5.69 Å². The molecule has 0 saturated heterocycles. The van der Waals surface area contributed by atoms with Crippen molar-refractivity contribution in [2.24, 2.45) is 0 Å². The van der Waals surface area contributed by atoms with E-state index in [1.807, 2.05) is 18.2 Å². The van der Waals surface area contributed by atoms with Crippen LogP contribution in [0.25, 0.3) is 0 Å². The first-order valence-corrected chi connectivity index (χ1v) is 9.35. The van der Waals surface area contributed by atoms with Gasteiger partial charge >= 0.3 is 0 Å². The largest absolute Gasteiger partial charge is 0.497 e. The monoisotopic (exact) mass is 404 g/mol. The van der Waals surface area contributed by atoms with Gasteiger partial charge in [-0.25, -0.2) is 0 Å². The number of anilines is 1. The Kier molecular flexibility index (Phi) is 5.52. The molecular formula is C23H20N2O5. The van der Waals surface area contributed by atoms with Crippen molar-refractivity contribution in [1.82, 2.24) is 5.32 Å². The van der Waals surface area contributed by atoms with Crippen LogP contribution in [0.1, 0.15) is 26.3 Å². The summed E-state index contributed by atoms with van der Waals surface area (Å²) in [5.41, 5.74) is 2.11. The van der Waals surface area contributed by atoms with E-state index in [4.69, 9.17) is 14.2 Å². The van der Waals surface area contributed by atoms with Crippen molar-refractivity contribution in [3.05, 3.63) is 83.4 Å². The first kappa shape index (κ1) is 19.3. The lowest BCUT2D eigenvalue weighted by Gasteiger charge is -2.12. The number of hydrogen-bond acceptors (Lipinski definition) is 5. The van der Waals surface area contributed by atoms with E-state index in [0.29, 0.717) is 40.6 Å².